The van der Waals surface area contributed by atoms with E-state index in [9.17, 15) is 9.90 Å². The molecule has 1 aromatic rings. The number of nitrogens with zero attached hydrogens (tertiary/aromatic N) is 2. The van der Waals surface area contributed by atoms with Crippen LogP contribution in [0.2, 0.25) is 5.02 Å². The number of carbonyl (C=O) groups is 1. The molecule has 0 spiro atoms. The summed E-state index contributed by atoms with van der Waals surface area (Å²) in [6, 6.07) is 5.44. The summed E-state index contributed by atoms with van der Waals surface area (Å²) < 4.78 is 5.74. The Balaban J connectivity index is 1.81. The summed E-state index contributed by atoms with van der Waals surface area (Å²) >= 11 is 5.99. The Labute approximate surface area is 142 Å². The van der Waals surface area contributed by atoms with E-state index in [4.69, 9.17) is 16.3 Å². The molecule has 6 heteroatoms. The summed E-state index contributed by atoms with van der Waals surface area (Å²) in [6.45, 7) is 7.45. The van der Waals surface area contributed by atoms with Gasteiger partial charge in [-0.15, -0.1) is 6.58 Å². The van der Waals surface area contributed by atoms with Gasteiger partial charge in [-0.05, 0) is 30.2 Å². The third kappa shape index (κ3) is 5.53. The minimum absolute atomic E-state index is 0.222. The molecule has 1 aliphatic heterocycles. The molecule has 1 aromatic carbocycles. The number of benzene rings is 1. The second-order valence-corrected chi connectivity index (χ2v) is 6.09. The van der Waals surface area contributed by atoms with Gasteiger partial charge in [-0.1, -0.05) is 17.7 Å². The van der Waals surface area contributed by atoms with Gasteiger partial charge in [0.1, 0.15) is 18.5 Å². The molecule has 0 aromatic heterocycles. The van der Waals surface area contributed by atoms with Crippen LogP contribution in [0, 0.1) is 0 Å². The Bertz CT molecular complexity index is 531. The molecule has 126 valence electrons. The molecule has 1 aliphatic rings. The van der Waals surface area contributed by atoms with Crippen LogP contribution in [0.15, 0.2) is 30.9 Å². The van der Waals surface area contributed by atoms with Gasteiger partial charge >= 0.3 is 0 Å². The molecular formula is C17H23ClN2O3. The van der Waals surface area contributed by atoms with Gasteiger partial charge < -0.3 is 14.7 Å². The second-order valence-electron chi connectivity index (χ2n) is 5.65. The number of aliphatic hydroxyl groups excluding tert-OH is 1. The Kier molecular flexibility index (Phi) is 6.89. The summed E-state index contributed by atoms with van der Waals surface area (Å²) in [4.78, 5) is 14.6. The van der Waals surface area contributed by atoms with Crippen LogP contribution in [-0.4, -0.2) is 66.8 Å². The standard InChI is InChI=1S/C17H23ClN2O3/c1-2-3-14-10-15(18)4-5-17(14)23-12-16(22)11-19-6-8-20(13-21)9-7-19/h2,4-5,10,13,16,22H,1,3,6-9,11-12H2. The first-order chi connectivity index (χ1) is 11.1. The van der Waals surface area contributed by atoms with E-state index in [1.54, 1.807) is 17.0 Å². The zero-order chi connectivity index (χ0) is 16.7. The highest BCUT2D eigenvalue weighted by atomic mass is 35.5. The van der Waals surface area contributed by atoms with Crippen LogP contribution < -0.4 is 4.74 Å². The number of carbonyl (C=O) groups excluding carboxylic acids is 1. The molecule has 1 N–H and O–H groups in total. The van der Waals surface area contributed by atoms with Crippen molar-refractivity contribution in [1.29, 1.82) is 0 Å². The highest BCUT2D eigenvalue weighted by Gasteiger charge is 2.18. The number of halogens is 1. The monoisotopic (exact) mass is 338 g/mol. The fourth-order valence-electron chi connectivity index (χ4n) is 2.59. The number of piperazine rings is 1. The number of hydrogen-bond acceptors (Lipinski definition) is 4. The molecule has 5 nitrogen and oxygen atoms in total. The maximum Gasteiger partial charge on any atom is 0.209 e. The summed E-state index contributed by atoms with van der Waals surface area (Å²) in [5, 5.41) is 10.8. The van der Waals surface area contributed by atoms with Gasteiger partial charge in [-0.3, -0.25) is 9.69 Å². The molecule has 0 radical (unpaired) electrons. The van der Waals surface area contributed by atoms with E-state index in [2.05, 4.69) is 11.5 Å². The molecule has 1 amide bonds. The van der Waals surface area contributed by atoms with Crippen molar-refractivity contribution >= 4 is 18.0 Å². The molecule has 1 fully saturated rings. The molecule has 1 heterocycles. The van der Waals surface area contributed by atoms with Crippen LogP contribution >= 0.6 is 11.6 Å². The normalized spacial score (nSPS) is 16.9. The Hall–Kier alpha value is -1.56. The van der Waals surface area contributed by atoms with E-state index in [0.717, 1.165) is 30.8 Å². The van der Waals surface area contributed by atoms with E-state index in [1.807, 2.05) is 12.1 Å². The molecule has 0 aliphatic carbocycles. The SMILES string of the molecule is C=CCc1cc(Cl)ccc1OCC(O)CN1CCN(C=O)CC1. The van der Waals surface area contributed by atoms with Crippen molar-refractivity contribution in [2.45, 2.75) is 12.5 Å². The minimum atomic E-state index is -0.579. The largest absolute Gasteiger partial charge is 0.491 e. The van der Waals surface area contributed by atoms with Gasteiger partial charge in [0.05, 0.1) is 0 Å². The van der Waals surface area contributed by atoms with Crippen LogP contribution in [0.4, 0.5) is 0 Å². The van der Waals surface area contributed by atoms with E-state index >= 15 is 0 Å². The topological polar surface area (TPSA) is 53.0 Å². The molecule has 0 saturated carbocycles. The Morgan fingerprint density at radius 2 is 2.09 bits per heavy atom. The number of aliphatic hydroxyl groups is 1. The van der Waals surface area contributed by atoms with Crippen molar-refractivity contribution in [1.82, 2.24) is 9.80 Å². The van der Waals surface area contributed by atoms with Gasteiger partial charge in [0.25, 0.3) is 0 Å². The maximum absolute atomic E-state index is 10.7. The highest BCUT2D eigenvalue weighted by Crippen LogP contribution is 2.23. The zero-order valence-corrected chi connectivity index (χ0v) is 13.9. The van der Waals surface area contributed by atoms with E-state index in [1.165, 1.54) is 0 Å². The highest BCUT2D eigenvalue weighted by molar-refractivity contribution is 6.30. The second kappa shape index (κ2) is 8.91. The van der Waals surface area contributed by atoms with Crippen molar-refractivity contribution in [2.75, 3.05) is 39.3 Å². The summed E-state index contributed by atoms with van der Waals surface area (Å²) in [5.74, 6) is 0.721. The fourth-order valence-corrected chi connectivity index (χ4v) is 2.79. The minimum Gasteiger partial charge on any atom is -0.491 e. The zero-order valence-electron chi connectivity index (χ0n) is 13.2. The third-order valence-corrected chi connectivity index (χ3v) is 4.08. The molecule has 1 saturated heterocycles. The van der Waals surface area contributed by atoms with Gasteiger partial charge in [-0.2, -0.15) is 0 Å². The lowest BCUT2D eigenvalue weighted by Gasteiger charge is -2.33. The molecule has 1 unspecified atom stereocenters. The molecule has 23 heavy (non-hydrogen) atoms. The first kappa shape index (κ1) is 17.8. The van der Waals surface area contributed by atoms with Crippen molar-refractivity contribution in [2.24, 2.45) is 0 Å². The number of ether oxygens (including phenoxy) is 1. The van der Waals surface area contributed by atoms with Crippen LogP contribution in [0.5, 0.6) is 5.75 Å². The average Bonchev–Trinajstić information content (AvgIpc) is 2.55. The van der Waals surface area contributed by atoms with Crippen molar-refractivity contribution in [3.05, 3.63) is 41.4 Å². The summed E-state index contributed by atoms with van der Waals surface area (Å²) in [5.41, 5.74) is 0.958. The predicted octanol–water partition coefficient (Wildman–Crippen LogP) is 1.58. The fraction of sp³-hybridized carbons (Fsp3) is 0.471. The van der Waals surface area contributed by atoms with Gasteiger partial charge in [0.2, 0.25) is 6.41 Å². The summed E-state index contributed by atoms with van der Waals surface area (Å²) in [7, 11) is 0. The number of hydrogen-bond donors (Lipinski definition) is 1. The van der Waals surface area contributed by atoms with E-state index in [-0.39, 0.29) is 6.61 Å². The number of amides is 1. The molecule has 1 atom stereocenters. The Morgan fingerprint density at radius 3 is 2.74 bits per heavy atom. The van der Waals surface area contributed by atoms with E-state index in [0.29, 0.717) is 31.1 Å². The quantitative estimate of drug-likeness (QED) is 0.577. The maximum atomic E-state index is 10.7. The lowest BCUT2D eigenvalue weighted by atomic mass is 10.1. The van der Waals surface area contributed by atoms with Crippen molar-refractivity contribution in [3.8, 4) is 5.75 Å². The van der Waals surface area contributed by atoms with Crippen LogP contribution in [0.25, 0.3) is 0 Å². The summed E-state index contributed by atoms with van der Waals surface area (Å²) in [6.07, 6.45) is 2.75. The Morgan fingerprint density at radius 1 is 1.35 bits per heavy atom. The lowest BCUT2D eigenvalue weighted by molar-refractivity contribution is -0.119. The predicted molar refractivity (Wildman–Crippen MR) is 90.9 cm³/mol. The third-order valence-electron chi connectivity index (χ3n) is 3.84. The van der Waals surface area contributed by atoms with E-state index < -0.39 is 6.10 Å². The molecule has 0 bridgehead atoms. The average molecular weight is 339 g/mol. The van der Waals surface area contributed by atoms with Crippen LogP contribution in [0.1, 0.15) is 5.56 Å². The van der Waals surface area contributed by atoms with Gasteiger partial charge in [0, 0.05) is 37.7 Å². The van der Waals surface area contributed by atoms with Gasteiger partial charge in [-0.25, -0.2) is 0 Å². The number of β-amino-alcohol motifs (C(OH)–C–C–N with tert-alkyl or cyclic N) is 1. The first-order valence-electron chi connectivity index (χ1n) is 7.74. The smallest absolute Gasteiger partial charge is 0.209 e. The molecule has 2 rings (SSSR count). The first-order valence-corrected chi connectivity index (χ1v) is 8.12. The number of rotatable bonds is 8. The van der Waals surface area contributed by atoms with Crippen molar-refractivity contribution in [3.63, 3.8) is 0 Å². The van der Waals surface area contributed by atoms with Crippen LogP contribution in [-0.2, 0) is 11.2 Å². The van der Waals surface area contributed by atoms with Gasteiger partial charge in [0.15, 0.2) is 0 Å². The van der Waals surface area contributed by atoms with Crippen molar-refractivity contribution < 1.29 is 14.6 Å². The molecular weight excluding hydrogens is 316 g/mol. The van der Waals surface area contributed by atoms with Crippen LogP contribution in [0.3, 0.4) is 0 Å². The number of allylic oxidation sites excluding steroid dienone is 1. The lowest BCUT2D eigenvalue weighted by Crippen LogP contribution is -2.48.